The summed E-state index contributed by atoms with van der Waals surface area (Å²) in [6.07, 6.45) is 4.34. The Hall–Kier alpha value is -1.96. The van der Waals surface area contributed by atoms with Gasteiger partial charge in [0.1, 0.15) is 0 Å². The van der Waals surface area contributed by atoms with Gasteiger partial charge in [0.25, 0.3) is 5.91 Å². The first kappa shape index (κ1) is 18.4. The minimum Gasteiger partial charge on any atom is -0.350 e. The first-order valence-electron chi connectivity index (χ1n) is 9.23. The Morgan fingerprint density at radius 3 is 2.85 bits per heavy atom. The number of thiophene rings is 2. The second-order valence-corrected chi connectivity index (χ2v) is 9.22. The molecular formula is C20H24N4OS2. The maximum absolute atomic E-state index is 12.5. The number of aromatic amines is 1. The van der Waals surface area contributed by atoms with Crippen LogP contribution in [-0.2, 0) is 5.41 Å². The lowest BCUT2D eigenvalue weighted by Gasteiger charge is -2.14. The molecule has 0 radical (unpaired) electrons. The topological polar surface area (TPSA) is 69.8 Å². The van der Waals surface area contributed by atoms with E-state index in [9.17, 15) is 4.79 Å². The van der Waals surface area contributed by atoms with E-state index in [0.29, 0.717) is 12.0 Å². The zero-order chi connectivity index (χ0) is 18.9. The number of amides is 1. The number of rotatable bonds is 8. The van der Waals surface area contributed by atoms with Crippen molar-refractivity contribution >= 4 is 28.6 Å². The van der Waals surface area contributed by atoms with Crippen LogP contribution in [0.3, 0.4) is 0 Å². The highest BCUT2D eigenvalue weighted by atomic mass is 32.1. The first-order chi connectivity index (χ1) is 13.1. The number of carbonyl (C=O) groups is 1. The van der Waals surface area contributed by atoms with E-state index in [0.717, 1.165) is 39.7 Å². The Morgan fingerprint density at radius 1 is 1.33 bits per heavy atom. The Bertz CT molecular complexity index is 922. The number of nitrogens with one attached hydrogen (secondary N) is 3. The van der Waals surface area contributed by atoms with E-state index in [4.69, 9.17) is 0 Å². The molecule has 1 aliphatic carbocycles. The van der Waals surface area contributed by atoms with Gasteiger partial charge in [-0.25, -0.2) is 0 Å². The molecule has 0 aliphatic heterocycles. The molecule has 3 heterocycles. The maximum atomic E-state index is 12.5. The molecule has 0 spiro atoms. The Kier molecular flexibility index (Phi) is 5.16. The highest BCUT2D eigenvalue weighted by Gasteiger charge is 2.44. The smallest absolute Gasteiger partial charge is 0.261 e. The number of hydrogen-bond acceptors (Lipinski definition) is 5. The average Bonchev–Trinajstić information content (AvgIpc) is 3.04. The second-order valence-electron chi connectivity index (χ2n) is 7.22. The molecule has 0 bridgehead atoms. The molecule has 1 aliphatic rings. The molecular weight excluding hydrogens is 376 g/mol. The van der Waals surface area contributed by atoms with Gasteiger partial charge in [-0.15, -0.1) is 22.7 Å². The fraction of sp³-hybridized carbons (Fsp3) is 0.400. The highest BCUT2D eigenvalue weighted by Crippen LogP contribution is 2.49. The standard InChI is InChI=1S/C20H24N4OS2/c1-13-10-16(15-11-23-24-14(15)2)27-18(13)19(25)22-8-7-21-12-20(5-6-20)17-4-3-9-26-17/h3-4,9-11,21H,5-8,12H2,1-2H3,(H,22,25)(H,23,24). The van der Waals surface area contributed by atoms with Gasteiger partial charge in [0, 0.05) is 46.1 Å². The predicted octanol–water partition coefficient (Wildman–Crippen LogP) is 3.87. The molecule has 3 N–H and O–H groups in total. The summed E-state index contributed by atoms with van der Waals surface area (Å²) >= 11 is 3.37. The number of hydrogen-bond donors (Lipinski definition) is 3. The molecule has 0 aromatic carbocycles. The van der Waals surface area contributed by atoms with Crippen LogP contribution in [0.5, 0.6) is 0 Å². The molecule has 5 nitrogen and oxygen atoms in total. The summed E-state index contributed by atoms with van der Waals surface area (Å²) in [5.41, 5.74) is 3.44. The minimum absolute atomic E-state index is 0.00564. The van der Waals surface area contributed by atoms with Crippen molar-refractivity contribution in [3.63, 3.8) is 0 Å². The first-order valence-corrected chi connectivity index (χ1v) is 10.9. The maximum Gasteiger partial charge on any atom is 0.261 e. The van der Waals surface area contributed by atoms with Gasteiger partial charge in [-0.2, -0.15) is 5.10 Å². The molecule has 27 heavy (non-hydrogen) atoms. The predicted molar refractivity (Wildman–Crippen MR) is 112 cm³/mol. The summed E-state index contributed by atoms with van der Waals surface area (Å²) in [4.78, 5) is 15.9. The quantitative estimate of drug-likeness (QED) is 0.503. The van der Waals surface area contributed by atoms with E-state index in [1.807, 2.05) is 31.4 Å². The van der Waals surface area contributed by atoms with Crippen LogP contribution < -0.4 is 10.6 Å². The summed E-state index contributed by atoms with van der Waals surface area (Å²) in [5, 5.41) is 15.7. The van der Waals surface area contributed by atoms with Gasteiger partial charge < -0.3 is 10.6 Å². The lowest BCUT2D eigenvalue weighted by molar-refractivity contribution is 0.0957. The molecule has 3 aromatic heterocycles. The Labute approximate surface area is 167 Å². The third-order valence-corrected chi connectivity index (χ3v) is 7.55. The molecule has 7 heteroatoms. The van der Waals surface area contributed by atoms with Gasteiger partial charge in [-0.05, 0) is 49.8 Å². The lowest BCUT2D eigenvalue weighted by atomic mass is 10.1. The van der Waals surface area contributed by atoms with Gasteiger partial charge in [0.2, 0.25) is 0 Å². The molecule has 1 amide bonds. The van der Waals surface area contributed by atoms with Crippen LogP contribution in [0, 0.1) is 13.8 Å². The van der Waals surface area contributed by atoms with Crippen LogP contribution >= 0.6 is 22.7 Å². The van der Waals surface area contributed by atoms with Crippen molar-refractivity contribution in [2.75, 3.05) is 19.6 Å². The Morgan fingerprint density at radius 2 is 2.19 bits per heavy atom. The minimum atomic E-state index is 0.00564. The van der Waals surface area contributed by atoms with Crippen LogP contribution in [0.2, 0.25) is 0 Å². The van der Waals surface area contributed by atoms with Gasteiger partial charge in [0.05, 0.1) is 11.1 Å². The normalized spacial score (nSPS) is 15.0. The summed E-state index contributed by atoms with van der Waals surface area (Å²) in [6, 6.07) is 6.43. The van der Waals surface area contributed by atoms with Crippen molar-refractivity contribution in [2.24, 2.45) is 0 Å². The zero-order valence-corrected chi connectivity index (χ0v) is 17.2. The fourth-order valence-corrected chi connectivity index (χ4v) is 5.50. The average molecular weight is 401 g/mol. The number of aryl methyl sites for hydroxylation is 2. The van der Waals surface area contributed by atoms with Crippen LogP contribution in [0.25, 0.3) is 10.4 Å². The molecule has 0 unspecified atom stereocenters. The molecule has 4 rings (SSSR count). The number of carbonyl (C=O) groups excluding carboxylic acids is 1. The van der Waals surface area contributed by atoms with Crippen molar-refractivity contribution in [2.45, 2.75) is 32.1 Å². The van der Waals surface area contributed by atoms with Crippen molar-refractivity contribution in [3.8, 4) is 10.4 Å². The third kappa shape index (κ3) is 3.85. The number of nitrogens with zero attached hydrogens (tertiary/aromatic N) is 1. The lowest BCUT2D eigenvalue weighted by Crippen LogP contribution is -2.35. The number of H-pyrrole nitrogens is 1. The molecule has 142 valence electrons. The van der Waals surface area contributed by atoms with E-state index < -0.39 is 0 Å². The van der Waals surface area contributed by atoms with Crippen molar-refractivity contribution in [1.82, 2.24) is 20.8 Å². The summed E-state index contributed by atoms with van der Waals surface area (Å²) in [5.74, 6) is 0.00564. The van der Waals surface area contributed by atoms with E-state index in [2.05, 4.69) is 44.4 Å². The van der Waals surface area contributed by atoms with Crippen LogP contribution in [0.15, 0.2) is 29.8 Å². The van der Waals surface area contributed by atoms with Gasteiger partial charge >= 0.3 is 0 Å². The van der Waals surface area contributed by atoms with Crippen LogP contribution in [0.1, 0.15) is 38.6 Å². The summed E-state index contributed by atoms with van der Waals surface area (Å²) in [6.45, 7) is 6.39. The van der Waals surface area contributed by atoms with Gasteiger partial charge in [-0.1, -0.05) is 6.07 Å². The van der Waals surface area contributed by atoms with E-state index in [1.165, 1.54) is 29.1 Å². The second kappa shape index (κ2) is 7.58. The molecule has 1 fully saturated rings. The van der Waals surface area contributed by atoms with E-state index >= 15 is 0 Å². The summed E-state index contributed by atoms with van der Waals surface area (Å²) < 4.78 is 0. The largest absolute Gasteiger partial charge is 0.350 e. The van der Waals surface area contributed by atoms with Crippen molar-refractivity contribution in [3.05, 3.63) is 50.8 Å². The monoisotopic (exact) mass is 400 g/mol. The molecule has 0 saturated heterocycles. The Balaban J connectivity index is 1.27. The van der Waals surface area contributed by atoms with E-state index in [1.54, 1.807) is 0 Å². The molecule has 1 saturated carbocycles. The van der Waals surface area contributed by atoms with Crippen LogP contribution in [0.4, 0.5) is 0 Å². The fourth-order valence-electron chi connectivity index (χ4n) is 3.35. The number of aromatic nitrogens is 2. The zero-order valence-electron chi connectivity index (χ0n) is 15.6. The molecule has 3 aromatic rings. The van der Waals surface area contributed by atoms with Crippen molar-refractivity contribution in [1.29, 1.82) is 0 Å². The van der Waals surface area contributed by atoms with Crippen molar-refractivity contribution < 1.29 is 4.79 Å². The van der Waals surface area contributed by atoms with Gasteiger partial charge in [-0.3, -0.25) is 9.89 Å². The van der Waals surface area contributed by atoms with E-state index in [-0.39, 0.29) is 5.91 Å². The summed E-state index contributed by atoms with van der Waals surface area (Å²) in [7, 11) is 0. The highest BCUT2D eigenvalue weighted by molar-refractivity contribution is 7.17. The SMILES string of the molecule is Cc1cc(-c2cn[nH]c2C)sc1C(=O)NCCNCC1(c2cccs2)CC1. The third-order valence-electron chi connectivity index (χ3n) is 5.17. The van der Waals surface area contributed by atoms with Gasteiger partial charge in [0.15, 0.2) is 0 Å². The molecule has 0 atom stereocenters. The van der Waals surface area contributed by atoms with Crippen LogP contribution in [-0.4, -0.2) is 35.7 Å².